The molecule has 4 rings (SSSR count). The summed E-state index contributed by atoms with van der Waals surface area (Å²) in [6, 6.07) is 6.77. The summed E-state index contributed by atoms with van der Waals surface area (Å²) in [5, 5.41) is 9.07. The molecular weight excluding hydrogens is 424 g/mol. The Morgan fingerprint density at radius 2 is 1.88 bits per heavy atom. The van der Waals surface area contributed by atoms with Crippen molar-refractivity contribution in [3.8, 4) is 29.0 Å². The van der Waals surface area contributed by atoms with Crippen LogP contribution in [-0.4, -0.2) is 32.1 Å². The lowest BCUT2D eigenvalue weighted by Crippen LogP contribution is -2.23. The third-order valence-electron chi connectivity index (χ3n) is 4.60. The molecule has 0 fully saturated rings. The molecule has 0 spiro atoms. The molecule has 0 amide bonds. The molecule has 0 aliphatic rings. The molecule has 32 heavy (non-hydrogen) atoms. The third kappa shape index (κ3) is 4.07. The average Bonchev–Trinajstić information content (AvgIpc) is 3.17. The molecule has 2 heterocycles. The number of carbonyl (C=O) groups is 1. The van der Waals surface area contributed by atoms with Gasteiger partial charge in [-0.15, -0.1) is 0 Å². The van der Waals surface area contributed by atoms with E-state index in [-0.39, 0.29) is 23.4 Å². The number of aromatic nitrogens is 3. The van der Waals surface area contributed by atoms with Gasteiger partial charge in [-0.1, -0.05) is 6.07 Å². The van der Waals surface area contributed by atoms with Gasteiger partial charge in [0, 0.05) is 5.56 Å². The molecule has 1 unspecified atom stereocenters. The number of hydrogen-bond acceptors (Lipinski definition) is 7. The Kier molecular flexibility index (Phi) is 5.43. The van der Waals surface area contributed by atoms with Crippen LogP contribution >= 0.6 is 0 Å². The molecular formula is C22H17F2N3O5. The van der Waals surface area contributed by atoms with Crippen LogP contribution in [-0.2, 0) is 4.79 Å². The van der Waals surface area contributed by atoms with E-state index >= 15 is 0 Å². The summed E-state index contributed by atoms with van der Waals surface area (Å²) >= 11 is 0. The quantitative estimate of drug-likeness (QED) is 0.454. The van der Waals surface area contributed by atoms with E-state index in [1.165, 1.54) is 25.3 Å². The summed E-state index contributed by atoms with van der Waals surface area (Å²) in [5.41, 5.74) is 2.45. The standard InChI is InChI=1S/C22H17F2N3O5/c1-10-7-13(8-11(2)18(10)30-12(3)21(28)29)19-26-15-9-25-22(27-20(15)32-19)31-16-6-4-5-14(23)17(16)24/h4-9,12H,1-3H3,(H,28,29). The van der Waals surface area contributed by atoms with Crippen LogP contribution in [0, 0.1) is 25.5 Å². The summed E-state index contributed by atoms with van der Waals surface area (Å²) in [4.78, 5) is 23.5. The fraction of sp³-hybridized carbons (Fsp3) is 0.182. The minimum atomic E-state index is -1.15. The molecule has 0 radical (unpaired) electrons. The summed E-state index contributed by atoms with van der Waals surface area (Å²) in [7, 11) is 0. The van der Waals surface area contributed by atoms with Gasteiger partial charge in [-0.25, -0.2) is 19.2 Å². The van der Waals surface area contributed by atoms with Gasteiger partial charge in [-0.05, 0) is 56.2 Å². The van der Waals surface area contributed by atoms with Gasteiger partial charge in [0.2, 0.25) is 11.7 Å². The third-order valence-corrected chi connectivity index (χ3v) is 4.60. The summed E-state index contributed by atoms with van der Waals surface area (Å²) < 4.78 is 43.7. The minimum absolute atomic E-state index is 0.0944. The van der Waals surface area contributed by atoms with Crippen LogP contribution in [0.15, 0.2) is 40.9 Å². The van der Waals surface area contributed by atoms with Crippen molar-refractivity contribution in [1.29, 1.82) is 0 Å². The fourth-order valence-electron chi connectivity index (χ4n) is 3.04. The smallest absolute Gasteiger partial charge is 0.344 e. The zero-order chi connectivity index (χ0) is 23.0. The van der Waals surface area contributed by atoms with Gasteiger partial charge in [-0.2, -0.15) is 9.37 Å². The van der Waals surface area contributed by atoms with E-state index in [0.717, 1.165) is 6.07 Å². The predicted molar refractivity (Wildman–Crippen MR) is 109 cm³/mol. The molecule has 0 aliphatic carbocycles. The first-order chi connectivity index (χ1) is 15.2. The highest BCUT2D eigenvalue weighted by Gasteiger charge is 2.19. The Labute approximate surface area is 180 Å². The molecule has 4 aromatic rings. The Morgan fingerprint density at radius 3 is 2.56 bits per heavy atom. The molecule has 0 aliphatic heterocycles. The second-order valence-electron chi connectivity index (χ2n) is 7.05. The number of rotatable bonds is 6. The number of aliphatic carboxylic acids is 1. The topological polar surface area (TPSA) is 108 Å². The lowest BCUT2D eigenvalue weighted by Gasteiger charge is -2.16. The van der Waals surface area contributed by atoms with Crippen LogP contribution < -0.4 is 9.47 Å². The van der Waals surface area contributed by atoms with Crippen molar-refractivity contribution < 1.29 is 32.6 Å². The van der Waals surface area contributed by atoms with Crippen molar-refractivity contribution in [3.05, 3.63) is 59.3 Å². The van der Waals surface area contributed by atoms with Crippen molar-refractivity contribution in [1.82, 2.24) is 15.0 Å². The summed E-state index contributed by atoms with van der Waals surface area (Å²) in [6.45, 7) is 5.01. The van der Waals surface area contributed by atoms with Gasteiger partial charge in [0.15, 0.2) is 17.7 Å². The molecule has 2 aromatic heterocycles. The molecule has 1 atom stereocenters. The Balaban J connectivity index is 1.64. The zero-order valence-electron chi connectivity index (χ0n) is 17.2. The monoisotopic (exact) mass is 441 g/mol. The van der Waals surface area contributed by atoms with Crippen LogP contribution in [0.2, 0.25) is 0 Å². The highest BCUT2D eigenvalue weighted by molar-refractivity contribution is 5.74. The Bertz CT molecular complexity index is 1320. The van der Waals surface area contributed by atoms with E-state index in [9.17, 15) is 13.6 Å². The van der Waals surface area contributed by atoms with E-state index in [2.05, 4.69) is 15.0 Å². The minimum Gasteiger partial charge on any atom is -0.479 e. The van der Waals surface area contributed by atoms with Crippen molar-refractivity contribution in [2.24, 2.45) is 0 Å². The van der Waals surface area contributed by atoms with Gasteiger partial charge in [-0.3, -0.25) is 0 Å². The van der Waals surface area contributed by atoms with E-state index in [1.54, 1.807) is 26.0 Å². The second kappa shape index (κ2) is 8.22. The maximum Gasteiger partial charge on any atom is 0.344 e. The number of ether oxygens (including phenoxy) is 2. The molecule has 10 heteroatoms. The van der Waals surface area contributed by atoms with Gasteiger partial charge in [0.25, 0.3) is 5.71 Å². The molecule has 164 valence electrons. The number of aryl methyl sites for hydroxylation is 2. The molecule has 2 aromatic carbocycles. The highest BCUT2D eigenvalue weighted by Crippen LogP contribution is 2.32. The van der Waals surface area contributed by atoms with Crippen LogP contribution in [0.5, 0.6) is 17.5 Å². The average molecular weight is 441 g/mol. The normalized spacial score (nSPS) is 12.0. The van der Waals surface area contributed by atoms with Crippen molar-refractivity contribution in [3.63, 3.8) is 0 Å². The number of nitrogens with zero attached hydrogens (tertiary/aromatic N) is 3. The Morgan fingerprint density at radius 1 is 1.16 bits per heavy atom. The molecule has 1 N–H and O–H groups in total. The van der Waals surface area contributed by atoms with E-state index in [0.29, 0.717) is 28.0 Å². The number of oxazole rings is 1. The van der Waals surface area contributed by atoms with Crippen LogP contribution in [0.25, 0.3) is 22.7 Å². The predicted octanol–water partition coefficient (Wildman–Crippen LogP) is 4.82. The number of carboxylic acids is 1. The molecule has 0 saturated heterocycles. The lowest BCUT2D eigenvalue weighted by atomic mass is 10.1. The largest absolute Gasteiger partial charge is 0.479 e. The molecule has 8 nitrogen and oxygen atoms in total. The van der Waals surface area contributed by atoms with Gasteiger partial charge < -0.3 is 19.0 Å². The van der Waals surface area contributed by atoms with E-state index < -0.39 is 23.7 Å². The first-order valence-corrected chi connectivity index (χ1v) is 9.49. The zero-order valence-corrected chi connectivity index (χ0v) is 17.2. The maximum absolute atomic E-state index is 13.8. The van der Waals surface area contributed by atoms with Crippen LogP contribution in [0.3, 0.4) is 0 Å². The summed E-state index contributed by atoms with van der Waals surface area (Å²) in [5.74, 6) is -2.93. The second-order valence-corrected chi connectivity index (χ2v) is 7.05. The number of fused-ring (bicyclic) bond motifs is 1. The number of carboxylic acid groups (broad SMARTS) is 1. The van der Waals surface area contributed by atoms with Crippen LogP contribution in [0.1, 0.15) is 18.1 Å². The number of benzene rings is 2. The van der Waals surface area contributed by atoms with Crippen LogP contribution in [0.4, 0.5) is 8.78 Å². The van der Waals surface area contributed by atoms with Gasteiger partial charge >= 0.3 is 12.0 Å². The van der Waals surface area contributed by atoms with Crippen molar-refractivity contribution in [2.75, 3.05) is 0 Å². The first-order valence-electron chi connectivity index (χ1n) is 9.49. The van der Waals surface area contributed by atoms with Crippen molar-refractivity contribution in [2.45, 2.75) is 26.9 Å². The number of halogens is 2. The summed E-state index contributed by atoms with van der Waals surface area (Å²) in [6.07, 6.45) is 0.340. The van der Waals surface area contributed by atoms with Gasteiger partial charge in [0.05, 0.1) is 6.20 Å². The SMILES string of the molecule is Cc1cc(-c2nc3cnc(Oc4cccc(F)c4F)nc3o2)cc(C)c1OC(C)C(=O)O. The van der Waals surface area contributed by atoms with Gasteiger partial charge in [0.1, 0.15) is 11.3 Å². The fourth-order valence-corrected chi connectivity index (χ4v) is 3.04. The van der Waals surface area contributed by atoms with E-state index in [4.69, 9.17) is 19.0 Å². The molecule has 0 saturated carbocycles. The van der Waals surface area contributed by atoms with Crippen molar-refractivity contribution >= 4 is 17.2 Å². The highest BCUT2D eigenvalue weighted by atomic mass is 19.2. The number of hydrogen-bond donors (Lipinski definition) is 1. The van der Waals surface area contributed by atoms with E-state index in [1.807, 2.05) is 0 Å². The molecule has 0 bridgehead atoms. The lowest BCUT2D eigenvalue weighted by molar-refractivity contribution is -0.144. The maximum atomic E-state index is 13.8. The first kappa shape index (κ1) is 21.2. The Hall–Kier alpha value is -4.08.